The minimum absolute atomic E-state index is 0.0435. The molecule has 0 N–H and O–H groups in total. The van der Waals surface area contributed by atoms with Gasteiger partial charge in [0.25, 0.3) is 5.69 Å². The highest BCUT2D eigenvalue weighted by Crippen LogP contribution is 2.26. The van der Waals surface area contributed by atoms with Crippen molar-refractivity contribution in [2.45, 2.75) is 18.9 Å². The van der Waals surface area contributed by atoms with Gasteiger partial charge < -0.3 is 0 Å². The first kappa shape index (κ1) is 11.6. The standard InChI is InChI=1S/C12H13N3O2/c13-9-12(14-6-1-2-7-14)10-4-3-5-11(8-10)15(16)17/h3-5,8,12H,1-2,6-7H2/t12-/m1/s1. The third kappa shape index (κ3) is 2.43. The maximum Gasteiger partial charge on any atom is 0.269 e. The smallest absolute Gasteiger partial charge is 0.269 e. The van der Waals surface area contributed by atoms with E-state index in [0.29, 0.717) is 5.56 Å². The SMILES string of the molecule is N#C[C@H](c1cccc([N+](=O)[O-])c1)N1CCCC1. The van der Waals surface area contributed by atoms with Gasteiger partial charge in [-0.25, -0.2) is 0 Å². The summed E-state index contributed by atoms with van der Waals surface area (Å²) in [6.45, 7) is 1.78. The lowest BCUT2D eigenvalue weighted by Gasteiger charge is -2.21. The second-order valence-electron chi connectivity index (χ2n) is 4.13. The molecule has 0 amide bonds. The minimum atomic E-state index is -0.429. The molecule has 5 nitrogen and oxygen atoms in total. The first-order chi connectivity index (χ1) is 8.22. The van der Waals surface area contributed by atoms with Gasteiger partial charge in [-0.05, 0) is 31.5 Å². The van der Waals surface area contributed by atoms with Crippen LogP contribution in [0.25, 0.3) is 0 Å². The third-order valence-electron chi connectivity index (χ3n) is 3.02. The van der Waals surface area contributed by atoms with Gasteiger partial charge in [-0.3, -0.25) is 15.0 Å². The number of nitrogens with zero attached hydrogens (tertiary/aromatic N) is 3. The van der Waals surface area contributed by atoms with Crippen LogP contribution >= 0.6 is 0 Å². The van der Waals surface area contributed by atoms with E-state index in [1.807, 2.05) is 0 Å². The van der Waals surface area contributed by atoms with Crippen LogP contribution in [-0.2, 0) is 0 Å². The highest BCUT2D eigenvalue weighted by Gasteiger charge is 2.24. The van der Waals surface area contributed by atoms with Crippen molar-refractivity contribution in [1.29, 1.82) is 5.26 Å². The van der Waals surface area contributed by atoms with Crippen molar-refractivity contribution in [3.05, 3.63) is 39.9 Å². The van der Waals surface area contributed by atoms with Gasteiger partial charge in [-0.1, -0.05) is 12.1 Å². The Morgan fingerprint density at radius 2 is 2.12 bits per heavy atom. The fraction of sp³-hybridized carbons (Fsp3) is 0.417. The van der Waals surface area contributed by atoms with Gasteiger partial charge in [0, 0.05) is 12.1 Å². The van der Waals surface area contributed by atoms with Gasteiger partial charge in [0.15, 0.2) is 0 Å². The summed E-state index contributed by atoms with van der Waals surface area (Å²) in [6, 6.07) is 8.21. The lowest BCUT2D eigenvalue weighted by Crippen LogP contribution is -2.24. The van der Waals surface area contributed by atoms with E-state index < -0.39 is 4.92 Å². The maximum absolute atomic E-state index is 10.7. The second kappa shape index (κ2) is 4.93. The van der Waals surface area contributed by atoms with Crippen LogP contribution in [0.3, 0.4) is 0 Å². The van der Waals surface area contributed by atoms with Gasteiger partial charge in [0.05, 0.1) is 11.0 Å². The van der Waals surface area contributed by atoms with Crippen molar-refractivity contribution in [2.24, 2.45) is 0 Å². The molecule has 0 saturated carbocycles. The van der Waals surface area contributed by atoms with E-state index in [2.05, 4.69) is 11.0 Å². The van der Waals surface area contributed by atoms with Crippen LogP contribution in [0.2, 0.25) is 0 Å². The predicted octanol–water partition coefficient (Wildman–Crippen LogP) is 2.26. The van der Waals surface area contributed by atoms with Crippen molar-refractivity contribution in [3.8, 4) is 6.07 Å². The molecule has 0 aromatic heterocycles. The molecule has 1 aliphatic heterocycles. The normalized spacial score (nSPS) is 17.6. The Morgan fingerprint density at radius 3 is 2.71 bits per heavy atom. The Bertz CT molecular complexity index is 461. The molecule has 1 fully saturated rings. The van der Waals surface area contributed by atoms with Crippen molar-refractivity contribution in [3.63, 3.8) is 0 Å². The average Bonchev–Trinajstić information content (AvgIpc) is 2.84. The van der Waals surface area contributed by atoms with Gasteiger partial charge in [-0.2, -0.15) is 5.26 Å². The monoisotopic (exact) mass is 231 g/mol. The van der Waals surface area contributed by atoms with Gasteiger partial charge in [-0.15, -0.1) is 0 Å². The summed E-state index contributed by atoms with van der Waals surface area (Å²) in [7, 11) is 0. The second-order valence-corrected chi connectivity index (χ2v) is 4.13. The Balaban J connectivity index is 2.27. The van der Waals surface area contributed by atoms with Crippen LogP contribution in [0.15, 0.2) is 24.3 Å². The fourth-order valence-electron chi connectivity index (χ4n) is 2.18. The lowest BCUT2D eigenvalue weighted by molar-refractivity contribution is -0.384. The van der Waals surface area contributed by atoms with Crippen LogP contribution in [0.4, 0.5) is 5.69 Å². The van der Waals surface area contributed by atoms with E-state index in [1.54, 1.807) is 12.1 Å². The van der Waals surface area contributed by atoms with Crippen molar-refractivity contribution >= 4 is 5.69 Å². The molecule has 17 heavy (non-hydrogen) atoms. The summed E-state index contributed by atoms with van der Waals surface area (Å²) in [4.78, 5) is 12.3. The molecule has 1 aromatic rings. The zero-order valence-corrected chi connectivity index (χ0v) is 9.37. The first-order valence-electron chi connectivity index (χ1n) is 5.60. The van der Waals surface area contributed by atoms with E-state index in [9.17, 15) is 15.4 Å². The maximum atomic E-state index is 10.7. The third-order valence-corrected chi connectivity index (χ3v) is 3.02. The van der Waals surface area contributed by atoms with Crippen LogP contribution in [0.5, 0.6) is 0 Å². The molecule has 0 unspecified atom stereocenters. The molecule has 0 radical (unpaired) electrons. The van der Waals surface area contributed by atoms with Crippen molar-refractivity contribution in [2.75, 3.05) is 13.1 Å². The summed E-state index contributed by atoms with van der Waals surface area (Å²) in [6.07, 6.45) is 2.18. The molecular weight excluding hydrogens is 218 g/mol. The molecule has 0 aliphatic carbocycles. The van der Waals surface area contributed by atoms with E-state index in [-0.39, 0.29) is 11.7 Å². The number of nitriles is 1. The zero-order chi connectivity index (χ0) is 12.3. The molecule has 1 aromatic carbocycles. The summed E-state index contributed by atoms with van der Waals surface area (Å²) in [5.74, 6) is 0. The molecule has 1 aliphatic rings. The minimum Gasteiger partial charge on any atom is -0.284 e. The van der Waals surface area contributed by atoms with E-state index >= 15 is 0 Å². The molecule has 2 rings (SSSR count). The number of nitro benzene ring substituents is 1. The molecule has 1 heterocycles. The molecule has 88 valence electrons. The summed E-state index contributed by atoms with van der Waals surface area (Å²) in [5, 5.41) is 19.9. The Hall–Kier alpha value is -1.93. The Morgan fingerprint density at radius 1 is 1.41 bits per heavy atom. The average molecular weight is 231 g/mol. The molecule has 0 spiro atoms. The topological polar surface area (TPSA) is 70.2 Å². The molecular formula is C12H13N3O2. The van der Waals surface area contributed by atoms with Crippen LogP contribution in [-0.4, -0.2) is 22.9 Å². The number of rotatable bonds is 3. The van der Waals surface area contributed by atoms with Gasteiger partial charge in [0.2, 0.25) is 0 Å². The van der Waals surface area contributed by atoms with Crippen LogP contribution in [0, 0.1) is 21.4 Å². The van der Waals surface area contributed by atoms with Crippen LogP contribution in [0.1, 0.15) is 24.4 Å². The van der Waals surface area contributed by atoms with Gasteiger partial charge in [0.1, 0.15) is 6.04 Å². The zero-order valence-electron chi connectivity index (χ0n) is 9.37. The van der Waals surface area contributed by atoms with E-state index in [1.165, 1.54) is 12.1 Å². The highest BCUT2D eigenvalue weighted by molar-refractivity contribution is 5.37. The molecule has 1 saturated heterocycles. The first-order valence-corrected chi connectivity index (χ1v) is 5.60. The van der Waals surface area contributed by atoms with Gasteiger partial charge >= 0.3 is 0 Å². The van der Waals surface area contributed by atoms with E-state index in [0.717, 1.165) is 25.9 Å². The van der Waals surface area contributed by atoms with E-state index in [4.69, 9.17) is 0 Å². The molecule has 5 heteroatoms. The molecule has 0 bridgehead atoms. The largest absolute Gasteiger partial charge is 0.284 e. The lowest BCUT2D eigenvalue weighted by atomic mass is 10.1. The fourth-order valence-corrected chi connectivity index (χ4v) is 2.18. The quantitative estimate of drug-likeness (QED) is 0.591. The number of hydrogen-bond acceptors (Lipinski definition) is 4. The number of benzene rings is 1. The number of nitro groups is 1. The number of likely N-dealkylation sites (tertiary alicyclic amines) is 1. The van der Waals surface area contributed by atoms with Crippen molar-refractivity contribution < 1.29 is 4.92 Å². The predicted molar refractivity (Wildman–Crippen MR) is 62.3 cm³/mol. The summed E-state index contributed by atoms with van der Waals surface area (Å²) < 4.78 is 0. The summed E-state index contributed by atoms with van der Waals surface area (Å²) in [5.41, 5.74) is 0.755. The van der Waals surface area contributed by atoms with Crippen LogP contribution < -0.4 is 0 Å². The Labute approximate surface area is 99.4 Å². The Kier molecular flexibility index (Phi) is 3.35. The van der Waals surface area contributed by atoms with Crippen molar-refractivity contribution in [1.82, 2.24) is 4.90 Å². The summed E-state index contributed by atoms with van der Waals surface area (Å²) >= 11 is 0. The molecule has 1 atom stereocenters. The highest BCUT2D eigenvalue weighted by atomic mass is 16.6. The number of hydrogen-bond donors (Lipinski definition) is 0. The number of non-ortho nitro benzene ring substituents is 1.